The molecule has 0 saturated carbocycles. The molecule has 3 aromatic rings. The van der Waals surface area contributed by atoms with Crippen molar-refractivity contribution in [3.8, 4) is 18.1 Å². The van der Waals surface area contributed by atoms with E-state index < -0.39 is 23.9 Å². The summed E-state index contributed by atoms with van der Waals surface area (Å²) in [5.74, 6) is 1.10. The normalized spacial score (nSPS) is 11.0. The monoisotopic (exact) mass is 427 g/mol. The molecular weight excluding hydrogens is 406 g/mol. The van der Waals surface area contributed by atoms with Crippen LogP contribution in [-0.2, 0) is 16.0 Å². The van der Waals surface area contributed by atoms with Crippen molar-refractivity contribution in [2.75, 3.05) is 6.61 Å². The number of hydrogen-bond donors (Lipinski definition) is 1. The van der Waals surface area contributed by atoms with Gasteiger partial charge in [-0.25, -0.2) is 9.59 Å². The fourth-order valence-electron chi connectivity index (χ4n) is 2.91. The van der Waals surface area contributed by atoms with Crippen LogP contribution in [0.4, 0.5) is 0 Å². The lowest BCUT2D eigenvalue weighted by Crippen LogP contribution is -2.43. The number of nitrogens with one attached hydrogen (secondary N) is 1. The molecule has 0 aliphatic heterocycles. The van der Waals surface area contributed by atoms with E-state index >= 15 is 0 Å². The highest BCUT2D eigenvalue weighted by atomic mass is 16.5. The van der Waals surface area contributed by atoms with Crippen molar-refractivity contribution >= 4 is 17.8 Å². The molecule has 160 valence electrons. The first-order valence-electron chi connectivity index (χ1n) is 9.89. The van der Waals surface area contributed by atoms with E-state index in [1.165, 1.54) is 0 Å². The number of hydrogen-bond acceptors (Lipinski definition) is 5. The van der Waals surface area contributed by atoms with Crippen LogP contribution in [0.1, 0.15) is 26.3 Å². The quantitative estimate of drug-likeness (QED) is 0.338. The van der Waals surface area contributed by atoms with E-state index in [9.17, 15) is 14.4 Å². The molecule has 0 spiro atoms. The predicted molar refractivity (Wildman–Crippen MR) is 119 cm³/mol. The van der Waals surface area contributed by atoms with Gasteiger partial charge in [0.25, 0.3) is 5.91 Å². The van der Waals surface area contributed by atoms with Gasteiger partial charge in [-0.1, -0.05) is 54.5 Å². The molecule has 1 unspecified atom stereocenters. The van der Waals surface area contributed by atoms with E-state index in [0.717, 1.165) is 5.56 Å². The van der Waals surface area contributed by atoms with Crippen molar-refractivity contribution in [1.29, 1.82) is 0 Å². The second-order valence-corrected chi connectivity index (χ2v) is 6.81. The first-order valence-corrected chi connectivity index (χ1v) is 9.89. The molecule has 0 radical (unpaired) electrons. The Morgan fingerprint density at radius 3 is 2.03 bits per heavy atom. The zero-order valence-corrected chi connectivity index (χ0v) is 17.2. The van der Waals surface area contributed by atoms with E-state index in [1.807, 2.05) is 6.07 Å². The van der Waals surface area contributed by atoms with E-state index in [4.69, 9.17) is 15.9 Å². The average Bonchev–Trinajstić information content (AvgIpc) is 2.84. The van der Waals surface area contributed by atoms with Gasteiger partial charge in [-0.15, -0.1) is 6.42 Å². The molecule has 32 heavy (non-hydrogen) atoms. The van der Waals surface area contributed by atoms with Crippen LogP contribution in [0.2, 0.25) is 0 Å². The minimum Gasteiger partial charge on any atom is -0.451 e. The van der Waals surface area contributed by atoms with E-state index in [1.54, 1.807) is 78.9 Å². The Morgan fingerprint density at radius 2 is 1.44 bits per heavy atom. The molecule has 0 aliphatic rings. The molecule has 1 amide bonds. The first kappa shape index (κ1) is 22.3. The fraction of sp³-hybridized carbons (Fsp3) is 0.115. The molecule has 6 heteroatoms. The fourth-order valence-corrected chi connectivity index (χ4v) is 2.91. The highest BCUT2D eigenvalue weighted by molar-refractivity contribution is 5.96. The van der Waals surface area contributed by atoms with Gasteiger partial charge in [0.05, 0.1) is 5.56 Å². The Bertz CT molecular complexity index is 1100. The molecule has 0 aromatic heterocycles. The van der Waals surface area contributed by atoms with E-state index in [-0.39, 0.29) is 13.0 Å². The van der Waals surface area contributed by atoms with Gasteiger partial charge < -0.3 is 14.8 Å². The van der Waals surface area contributed by atoms with Crippen molar-refractivity contribution in [1.82, 2.24) is 5.32 Å². The standard InChI is InChI=1S/C26H21NO5/c1-2-17-31-26(30)23(27-24(28)20-9-5-3-6-10-20)18-19-13-15-22(16-14-19)32-25(29)21-11-7-4-8-12-21/h1,3-16,23H,17-18H2,(H,27,28). The molecule has 3 aromatic carbocycles. The summed E-state index contributed by atoms with van der Waals surface area (Å²) in [5, 5.41) is 2.69. The first-order chi connectivity index (χ1) is 15.6. The van der Waals surface area contributed by atoms with E-state index in [2.05, 4.69) is 11.2 Å². The maximum absolute atomic E-state index is 12.5. The highest BCUT2D eigenvalue weighted by Crippen LogP contribution is 2.16. The summed E-state index contributed by atoms with van der Waals surface area (Å²) in [7, 11) is 0. The van der Waals surface area contributed by atoms with Crippen molar-refractivity contribution in [3.63, 3.8) is 0 Å². The second kappa shape index (κ2) is 11.1. The lowest BCUT2D eigenvalue weighted by molar-refractivity contribution is -0.144. The maximum Gasteiger partial charge on any atom is 0.343 e. The highest BCUT2D eigenvalue weighted by Gasteiger charge is 2.23. The third-order valence-electron chi connectivity index (χ3n) is 4.51. The third-order valence-corrected chi connectivity index (χ3v) is 4.51. The summed E-state index contributed by atoms with van der Waals surface area (Å²) < 4.78 is 10.4. The lowest BCUT2D eigenvalue weighted by atomic mass is 10.0. The summed E-state index contributed by atoms with van der Waals surface area (Å²) in [6.45, 7) is -0.190. The Kier molecular flexibility index (Phi) is 7.77. The van der Waals surface area contributed by atoms with Crippen molar-refractivity contribution in [2.45, 2.75) is 12.5 Å². The molecule has 0 fully saturated rings. The number of carbonyl (C=O) groups is 3. The number of ether oxygens (including phenoxy) is 2. The number of amides is 1. The van der Waals surface area contributed by atoms with Crippen molar-refractivity contribution in [2.24, 2.45) is 0 Å². The van der Waals surface area contributed by atoms with Gasteiger partial charge >= 0.3 is 11.9 Å². The second-order valence-electron chi connectivity index (χ2n) is 6.81. The summed E-state index contributed by atoms with van der Waals surface area (Å²) in [6.07, 6.45) is 5.34. The minimum atomic E-state index is -0.936. The topological polar surface area (TPSA) is 81.7 Å². The summed E-state index contributed by atoms with van der Waals surface area (Å²) in [4.78, 5) is 37.1. The van der Waals surface area contributed by atoms with Gasteiger partial charge in [0.1, 0.15) is 11.8 Å². The Balaban J connectivity index is 1.68. The van der Waals surface area contributed by atoms with Crippen molar-refractivity contribution in [3.05, 3.63) is 102 Å². The van der Waals surface area contributed by atoms with Crippen LogP contribution in [0.15, 0.2) is 84.9 Å². The zero-order chi connectivity index (χ0) is 22.8. The van der Waals surface area contributed by atoms with Crippen LogP contribution in [-0.4, -0.2) is 30.5 Å². The summed E-state index contributed by atoms with van der Waals surface area (Å²) in [5.41, 5.74) is 1.60. The van der Waals surface area contributed by atoms with Gasteiger partial charge in [-0.05, 0) is 42.0 Å². The molecule has 3 rings (SSSR count). The smallest absolute Gasteiger partial charge is 0.343 e. The van der Waals surface area contributed by atoms with Crippen LogP contribution in [0.25, 0.3) is 0 Å². The number of terminal acetylenes is 1. The number of rotatable bonds is 8. The molecule has 6 nitrogen and oxygen atoms in total. The maximum atomic E-state index is 12.5. The molecule has 0 heterocycles. The molecule has 1 atom stereocenters. The van der Waals surface area contributed by atoms with Crippen LogP contribution < -0.4 is 10.1 Å². The SMILES string of the molecule is C#CCOC(=O)C(Cc1ccc(OC(=O)c2ccccc2)cc1)NC(=O)c1ccccc1. The van der Waals surface area contributed by atoms with Gasteiger partial charge in [0.15, 0.2) is 6.61 Å². The van der Waals surface area contributed by atoms with Gasteiger partial charge in [0.2, 0.25) is 0 Å². The molecule has 0 aliphatic carbocycles. The average molecular weight is 427 g/mol. The van der Waals surface area contributed by atoms with Crippen LogP contribution in [0.3, 0.4) is 0 Å². The van der Waals surface area contributed by atoms with Crippen molar-refractivity contribution < 1.29 is 23.9 Å². The minimum absolute atomic E-state index is 0.175. The summed E-state index contributed by atoms with van der Waals surface area (Å²) >= 11 is 0. The van der Waals surface area contributed by atoms with Crippen LogP contribution in [0, 0.1) is 12.3 Å². The van der Waals surface area contributed by atoms with Crippen LogP contribution in [0.5, 0.6) is 5.75 Å². The number of carbonyl (C=O) groups excluding carboxylic acids is 3. The Morgan fingerprint density at radius 1 is 0.844 bits per heavy atom. The van der Waals surface area contributed by atoms with Gasteiger partial charge in [0, 0.05) is 12.0 Å². The van der Waals surface area contributed by atoms with Gasteiger partial charge in [-0.2, -0.15) is 0 Å². The molecular formula is C26H21NO5. The predicted octanol–water partition coefficient (Wildman–Crippen LogP) is 3.42. The Hall–Kier alpha value is -4.37. The zero-order valence-electron chi connectivity index (χ0n) is 17.2. The number of benzene rings is 3. The van der Waals surface area contributed by atoms with Gasteiger partial charge in [-0.3, -0.25) is 4.79 Å². The van der Waals surface area contributed by atoms with E-state index in [0.29, 0.717) is 16.9 Å². The lowest BCUT2D eigenvalue weighted by Gasteiger charge is -2.17. The Labute approximate surface area is 186 Å². The molecule has 0 bridgehead atoms. The number of esters is 2. The summed E-state index contributed by atoms with van der Waals surface area (Å²) in [6, 6.07) is 22.9. The third kappa shape index (κ3) is 6.31. The largest absolute Gasteiger partial charge is 0.451 e. The molecule has 1 N–H and O–H groups in total. The van der Waals surface area contributed by atoms with Crippen LogP contribution >= 0.6 is 0 Å². The molecule has 0 saturated heterocycles.